The van der Waals surface area contributed by atoms with Gasteiger partial charge in [-0.1, -0.05) is 56.7 Å². The SMILES string of the molecule is CCN(CC)CCN(C(=O)c1ccc(S(=O)(=O)N(CC)CC)cc1)c1nc2c(Cl)cccc2s1.Cl. The highest BCUT2D eigenvalue weighted by molar-refractivity contribution is 7.89. The van der Waals surface area contributed by atoms with Gasteiger partial charge in [-0.15, -0.1) is 12.4 Å². The summed E-state index contributed by atoms with van der Waals surface area (Å²) in [7, 11) is -3.59. The third kappa shape index (κ3) is 6.53. The highest BCUT2D eigenvalue weighted by Gasteiger charge is 2.25. The summed E-state index contributed by atoms with van der Waals surface area (Å²) in [5, 5.41) is 1.11. The van der Waals surface area contributed by atoms with Crippen molar-refractivity contribution in [2.45, 2.75) is 32.6 Å². The minimum Gasteiger partial charge on any atom is -0.302 e. The molecule has 0 spiro atoms. The lowest BCUT2D eigenvalue weighted by Crippen LogP contribution is -2.39. The highest BCUT2D eigenvalue weighted by Crippen LogP contribution is 2.33. The van der Waals surface area contributed by atoms with Crippen LogP contribution < -0.4 is 4.90 Å². The minimum atomic E-state index is -3.59. The molecule has 0 saturated heterocycles. The molecule has 0 N–H and O–H groups in total. The molecule has 0 aliphatic carbocycles. The number of aromatic nitrogens is 1. The number of carbonyl (C=O) groups excluding carboxylic acids is 1. The molecule has 3 aromatic rings. The Morgan fingerprint density at radius 1 is 0.943 bits per heavy atom. The Morgan fingerprint density at radius 3 is 2.11 bits per heavy atom. The van der Waals surface area contributed by atoms with Gasteiger partial charge < -0.3 is 4.90 Å². The number of anilines is 1. The van der Waals surface area contributed by atoms with Crippen molar-refractivity contribution in [2.75, 3.05) is 44.2 Å². The number of likely N-dealkylation sites (N-methyl/N-ethyl adjacent to an activating group) is 1. The molecule has 1 aromatic heterocycles. The Kier molecular flexibility index (Phi) is 10.9. The fraction of sp³-hybridized carbons (Fsp3) is 0.417. The molecular formula is C24H32Cl2N4O3S2. The maximum Gasteiger partial charge on any atom is 0.260 e. The van der Waals surface area contributed by atoms with Gasteiger partial charge in [-0.3, -0.25) is 9.69 Å². The van der Waals surface area contributed by atoms with E-state index in [2.05, 4.69) is 23.7 Å². The fourth-order valence-electron chi connectivity index (χ4n) is 3.72. The first-order chi connectivity index (χ1) is 16.3. The van der Waals surface area contributed by atoms with E-state index >= 15 is 0 Å². The predicted molar refractivity (Wildman–Crippen MR) is 148 cm³/mol. The molecule has 0 atom stereocenters. The number of rotatable bonds is 11. The largest absolute Gasteiger partial charge is 0.302 e. The average Bonchev–Trinajstić information content (AvgIpc) is 3.27. The first-order valence-electron chi connectivity index (χ1n) is 11.5. The van der Waals surface area contributed by atoms with E-state index in [1.54, 1.807) is 36.9 Å². The lowest BCUT2D eigenvalue weighted by molar-refractivity contribution is 0.0983. The Balaban J connectivity index is 0.00000432. The zero-order chi connectivity index (χ0) is 24.9. The predicted octanol–water partition coefficient (Wildman–Crippen LogP) is 5.39. The molecule has 0 aliphatic rings. The molecule has 1 heterocycles. The summed E-state index contributed by atoms with van der Waals surface area (Å²) in [5.74, 6) is -0.228. The Morgan fingerprint density at radius 2 is 1.57 bits per heavy atom. The van der Waals surface area contributed by atoms with Crippen molar-refractivity contribution in [1.82, 2.24) is 14.2 Å². The molecule has 1 amide bonds. The molecule has 0 radical (unpaired) electrons. The molecule has 0 unspecified atom stereocenters. The molecule has 35 heavy (non-hydrogen) atoms. The van der Waals surface area contributed by atoms with Crippen LogP contribution in [0.5, 0.6) is 0 Å². The van der Waals surface area contributed by atoms with Crippen molar-refractivity contribution in [3.05, 3.63) is 53.1 Å². The van der Waals surface area contributed by atoms with Gasteiger partial charge in [0.1, 0.15) is 5.52 Å². The Labute approximate surface area is 223 Å². The number of para-hydroxylation sites is 1. The van der Waals surface area contributed by atoms with Crippen molar-refractivity contribution in [3.63, 3.8) is 0 Å². The van der Waals surface area contributed by atoms with E-state index in [1.807, 2.05) is 12.1 Å². The Bertz CT molecular complexity index is 1230. The van der Waals surface area contributed by atoms with Crippen molar-refractivity contribution in [3.8, 4) is 0 Å². The molecule has 3 rings (SSSR count). The number of halogens is 2. The summed E-state index contributed by atoms with van der Waals surface area (Å²) < 4.78 is 27.9. The smallest absolute Gasteiger partial charge is 0.260 e. The van der Waals surface area contributed by atoms with Gasteiger partial charge in [0.05, 0.1) is 14.6 Å². The van der Waals surface area contributed by atoms with Crippen molar-refractivity contribution in [2.24, 2.45) is 0 Å². The number of thiazole rings is 1. The molecule has 2 aromatic carbocycles. The van der Waals surface area contributed by atoms with E-state index in [4.69, 9.17) is 11.6 Å². The van der Waals surface area contributed by atoms with Crippen LogP contribution in [0.15, 0.2) is 47.4 Å². The van der Waals surface area contributed by atoms with Crippen LogP contribution in [0, 0.1) is 0 Å². The quantitative estimate of drug-likeness (QED) is 0.315. The maximum absolute atomic E-state index is 13.6. The van der Waals surface area contributed by atoms with E-state index in [9.17, 15) is 13.2 Å². The van der Waals surface area contributed by atoms with Crippen molar-refractivity contribution in [1.29, 1.82) is 0 Å². The zero-order valence-corrected chi connectivity index (χ0v) is 23.6. The topological polar surface area (TPSA) is 73.8 Å². The van der Waals surface area contributed by atoms with Crippen LogP contribution in [-0.2, 0) is 10.0 Å². The molecule has 0 fully saturated rings. The summed E-state index contributed by atoms with van der Waals surface area (Å²) in [5.41, 5.74) is 1.08. The molecule has 192 valence electrons. The second-order valence-corrected chi connectivity index (χ2v) is 11.0. The first-order valence-corrected chi connectivity index (χ1v) is 14.1. The first kappa shape index (κ1) is 29.5. The van der Waals surface area contributed by atoms with Crippen LogP contribution in [0.1, 0.15) is 38.1 Å². The van der Waals surface area contributed by atoms with Crippen LogP contribution >= 0.6 is 35.3 Å². The monoisotopic (exact) mass is 558 g/mol. The fourth-order valence-corrected chi connectivity index (χ4v) is 6.47. The third-order valence-electron chi connectivity index (χ3n) is 5.81. The lowest BCUT2D eigenvalue weighted by atomic mass is 10.2. The number of fused-ring (bicyclic) bond motifs is 1. The van der Waals surface area contributed by atoms with Gasteiger partial charge >= 0.3 is 0 Å². The molecule has 0 bridgehead atoms. The number of sulfonamides is 1. The van der Waals surface area contributed by atoms with Gasteiger partial charge in [-0.25, -0.2) is 13.4 Å². The van der Waals surface area contributed by atoms with Gasteiger partial charge in [-0.2, -0.15) is 4.31 Å². The number of hydrogen-bond donors (Lipinski definition) is 0. The average molecular weight is 560 g/mol. The number of nitrogens with zero attached hydrogens (tertiary/aromatic N) is 4. The van der Waals surface area contributed by atoms with Crippen molar-refractivity contribution >= 4 is 66.6 Å². The molecule has 11 heteroatoms. The van der Waals surface area contributed by atoms with Crippen LogP contribution in [0.2, 0.25) is 5.02 Å². The van der Waals surface area contributed by atoms with E-state index in [0.717, 1.165) is 17.8 Å². The van der Waals surface area contributed by atoms with Crippen LogP contribution in [-0.4, -0.2) is 67.8 Å². The Hall–Kier alpha value is -1.75. The summed E-state index contributed by atoms with van der Waals surface area (Å²) in [6.07, 6.45) is 0. The van der Waals surface area contributed by atoms with E-state index in [1.165, 1.54) is 27.8 Å². The van der Waals surface area contributed by atoms with Crippen LogP contribution in [0.3, 0.4) is 0 Å². The second-order valence-electron chi connectivity index (χ2n) is 7.68. The van der Waals surface area contributed by atoms with Gasteiger partial charge in [0.15, 0.2) is 5.13 Å². The van der Waals surface area contributed by atoms with Gasteiger partial charge in [-0.05, 0) is 49.5 Å². The van der Waals surface area contributed by atoms with Gasteiger partial charge in [0.25, 0.3) is 5.91 Å². The lowest BCUT2D eigenvalue weighted by Gasteiger charge is -2.25. The van der Waals surface area contributed by atoms with E-state index in [0.29, 0.717) is 47.4 Å². The van der Waals surface area contributed by atoms with Gasteiger partial charge in [0.2, 0.25) is 10.0 Å². The summed E-state index contributed by atoms with van der Waals surface area (Å²) in [6.45, 7) is 11.5. The highest BCUT2D eigenvalue weighted by atomic mass is 35.5. The normalized spacial score (nSPS) is 11.7. The molecule has 0 aliphatic heterocycles. The second kappa shape index (κ2) is 13.0. The summed E-state index contributed by atoms with van der Waals surface area (Å²) >= 11 is 7.74. The van der Waals surface area contributed by atoms with Crippen molar-refractivity contribution < 1.29 is 13.2 Å². The number of benzene rings is 2. The number of amides is 1. The van der Waals surface area contributed by atoms with Gasteiger partial charge in [0, 0.05) is 31.7 Å². The van der Waals surface area contributed by atoms with Crippen LogP contribution in [0.25, 0.3) is 10.2 Å². The summed E-state index contributed by atoms with van der Waals surface area (Å²) in [4.78, 5) is 22.3. The standard InChI is InChI=1S/C24H31ClN4O3S2.ClH/c1-5-27(6-2)16-17-29(24-26-22-20(25)10-9-11-21(22)33-24)23(30)18-12-14-19(15-13-18)34(31,32)28(7-3)8-4;/h9-15H,5-8,16-17H2,1-4H3;1H. The maximum atomic E-state index is 13.6. The zero-order valence-electron chi connectivity index (χ0n) is 20.4. The number of carbonyl (C=O) groups is 1. The molecule has 7 nitrogen and oxygen atoms in total. The molecular weight excluding hydrogens is 527 g/mol. The summed E-state index contributed by atoms with van der Waals surface area (Å²) in [6, 6.07) is 11.7. The molecule has 0 saturated carbocycles. The number of hydrogen-bond acceptors (Lipinski definition) is 6. The van der Waals surface area contributed by atoms with Crippen LogP contribution in [0.4, 0.5) is 5.13 Å². The van der Waals surface area contributed by atoms with E-state index < -0.39 is 10.0 Å². The third-order valence-corrected chi connectivity index (χ3v) is 9.23. The minimum absolute atomic E-state index is 0. The van der Waals surface area contributed by atoms with E-state index in [-0.39, 0.29) is 23.2 Å².